The molecule has 0 aliphatic carbocycles. The molecule has 4 nitrogen and oxygen atoms in total. The van der Waals surface area contributed by atoms with Crippen LogP contribution in [0.15, 0.2) is 497 Å². The Labute approximate surface area is 743 Å². The Morgan fingerprint density at radius 1 is 0.133 bits per heavy atom. The summed E-state index contributed by atoms with van der Waals surface area (Å²) in [4.78, 5) is 4.85. The van der Waals surface area contributed by atoms with E-state index in [0.29, 0.717) is 0 Å². The first kappa shape index (κ1) is 74.9. The van der Waals surface area contributed by atoms with E-state index >= 15 is 0 Å². The summed E-state index contributed by atoms with van der Waals surface area (Å²) >= 11 is 0. The summed E-state index contributed by atoms with van der Waals surface area (Å²) in [6.07, 6.45) is 0. The second kappa shape index (κ2) is 31.8. The van der Waals surface area contributed by atoms with Crippen LogP contribution < -0.4 is 9.80 Å². The van der Waals surface area contributed by atoms with E-state index in [9.17, 15) is 0 Å². The zero-order chi connectivity index (χ0) is 84.5. The molecule has 0 aliphatic heterocycles. The van der Waals surface area contributed by atoms with Crippen LogP contribution in [-0.4, -0.2) is 9.13 Å². The van der Waals surface area contributed by atoms with Crippen LogP contribution in [0.5, 0.6) is 0 Å². The molecule has 0 unspecified atom stereocenters. The molecule has 24 aromatic rings. The summed E-state index contributed by atoms with van der Waals surface area (Å²) in [5.41, 5.74) is 34.2. The highest BCUT2D eigenvalue weighted by Gasteiger charge is 2.25. The van der Waals surface area contributed by atoms with Crippen molar-refractivity contribution in [3.05, 3.63) is 497 Å². The van der Waals surface area contributed by atoms with Gasteiger partial charge in [-0.25, -0.2) is 0 Å². The van der Waals surface area contributed by atoms with Crippen molar-refractivity contribution < 1.29 is 0 Å². The third-order valence-corrected chi connectivity index (χ3v) is 26.0. The third kappa shape index (κ3) is 13.5. The molecule has 0 spiro atoms. The molecule has 0 fully saturated rings. The maximum Gasteiger partial charge on any atom is 0.0547 e. The summed E-state index contributed by atoms with van der Waals surface area (Å²) in [7, 11) is 0. The Balaban J connectivity index is 0.572. The Morgan fingerprint density at radius 2 is 0.445 bits per heavy atom. The van der Waals surface area contributed by atoms with Crippen LogP contribution in [0.25, 0.3) is 198 Å². The van der Waals surface area contributed by atoms with Gasteiger partial charge >= 0.3 is 0 Å². The molecule has 0 radical (unpaired) electrons. The topological polar surface area (TPSA) is 16.3 Å². The number of nitrogens with zero attached hydrogens (tertiary/aromatic N) is 4. The number of hydrogen-bond donors (Lipinski definition) is 0. The lowest BCUT2D eigenvalue weighted by Gasteiger charge is -2.28. The van der Waals surface area contributed by atoms with Crippen molar-refractivity contribution in [2.45, 2.75) is 0 Å². The van der Waals surface area contributed by atoms with Gasteiger partial charge < -0.3 is 18.9 Å². The predicted octanol–water partition coefficient (Wildman–Crippen LogP) is 34.4. The quantitative estimate of drug-likeness (QED) is 0.0903. The molecule has 598 valence electrons. The van der Waals surface area contributed by atoms with E-state index in [-0.39, 0.29) is 0 Å². The molecule has 0 atom stereocenters. The molecule has 0 saturated carbocycles. The number of rotatable bonds is 17. The standard InChI is InChI=1S/C124H82N4/c1-5-25-83(26-6-1)86-51-53-87(54-52-86)88-55-64-104(65-56-88)125(105-68-59-91(60-69-105)112-45-21-36-90-31-17-18-44-111(90)112)108-42-19-37-99(75-108)115-48-24-50-120-124(115)118-80-94-33-14-16-35-96(94)82-122(118)128(120)107-66-57-89(58-67-107)97-63-72-114-98(73-97)39-22-46-113(114)92-61-70-106(71-62-92)126(110-77-101(84-27-7-2-8-28-84)74-102(78-110)85-29-9-3-10-30-85)109-43-20-38-100(76-109)116-47-23-49-119-123(116)117-79-93-32-13-15-34-95(93)81-121(117)127(119)103-40-11-4-12-41-103/h1-82H. The zero-order valence-corrected chi connectivity index (χ0v) is 70.1. The van der Waals surface area contributed by atoms with Crippen LogP contribution >= 0.6 is 0 Å². The minimum Gasteiger partial charge on any atom is -0.310 e. The first-order valence-electron chi connectivity index (χ1n) is 44.1. The highest BCUT2D eigenvalue weighted by molar-refractivity contribution is 6.21. The van der Waals surface area contributed by atoms with E-state index in [1.54, 1.807) is 0 Å². The minimum absolute atomic E-state index is 1.05. The highest BCUT2D eigenvalue weighted by atomic mass is 15.1. The summed E-state index contributed by atoms with van der Waals surface area (Å²) < 4.78 is 4.91. The summed E-state index contributed by atoms with van der Waals surface area (Å²) in [6, 6.07) is 184. The largest absolute Gasteiger partial charge is 0.310 e. The van der Waals surface area contributed by atoms with E-state index in [4.69, 9.17) is 0 Å². The Morgan fingerprint density at radius 3 is 0.930 bits per heavy atom. The lowest BCUT2D eigenvalue weighted by Crippen LogP contribution is -2.10. The average molecular weight is 1630 g/mol. The first-order chi connectivity index (χ1) is 63.4. The van der Waals surface area contributed by atoms with Gasteiger partial charge in [0.1, 0.15) is 0 Å². The van der Waals surface area contributed by atoms with Crippen molar-refractivity contribution in [1.29, 1.82) is 0 Å². The molecule has 0 N–H and O–H groups in total. The second-order valence-corrected chi connectivity index (χ2v) is 33.5. The van der Waals surface area contributed by atoms with Gasteiger partial charge in [-0.15, -0.1) is 0 Å². The van der Waals surface area contributed by atoms with Crippen LogP contribution in [0.2, 0.25) is 0 Å². The van der Waals surface area contributed by atoms with E-state index in [1.807, 2.05) is 0 Å². The maximum absolute atomic E-state index is 2.47. The fourth-order valence-corrected chi connectivity index (χ4v) is 19.8. The molecule has 0 bridgehead atoms. The molecular formula is C124H82N4. The molecule has 128 heavy (non-hydrogen) atoms. The van der Waals surface area contributed by atoms with Gasteiger partial charge in [-0.1, -0.05) is 352 Å². The number of fused-ring (bicyclic) bond motifs is 10. The normalized spacial score (nSPS) is 11.6. The van der Waals surface area contributed by atoms with Crippen molar-refractivity contribution >= 4 is 121 Å². The Hall–Kier alpha value is -16.9. The van der Waals surface area contributed by atoms with Crippen molar-refractivity contribution in [3.63, 3.8) is 0 Å². The van der Waals surface area contributed by atoms with Gasteiger partial charge in [-0.3, -0.25) is 0 Å². The molecule has 0 aliphatic rings. The zero-order valence-electron chi connectivity index (χ0n) is 70.1. The Kier molecular flexibility index (Phi) is 18.6. The van der Waals surface area contributed by atoms with Gasteiger partial charge in [0.15, 0.2) is 0 Å². The van der Waals surface area contributed by atoms with Crippen LogP contribution in [0.4, 0.5) is 34.1 Å². The van der Waals surface area contributed by atoms with E-state index in [2.05, 4.69) is 516 Å². The summed E-state index contributed by atoms with van der Waals surface area (Å²) in [5, 5.41) is 14.5. The van der Waals surface area contributed by atoms with Crippen molar-refractivity contribution in [1.82, 2.24) is 9.13 Å². The van der Waals surface area contributed by atoms with Gasteiger partial charge in [0.25, 0.3) is 0 Å². The lowest BCUT2D eigenvalue weighted by molar-refractivity contribution is 1.18. The molecule has 2 aromatic heterocycles. The fraction of sp³-hybridized carbons (Fsp3) is 0. The lowest BCUT2D eigenvalue weighted by atomic mass is 9.94. The minimum atomic E-state index is 1.05. The molecule has 2 heterocycles. The van der Waals surface area contributed by atoms with E-state index in [1.165, 1.54) is 120 Å². The summed E-state index contributed by atoms with van der Waals surface area (Å²) in [6.45, 7) is 0. The maximum atomic E-state index is 2.47. The van der Waals surface area contributed by atoms with Crippen LogP contribution in [0.3, 0.4) is 0 Å². The third-order valence-electron chi connectivity index (χ3n) is 26.0. The monoisotopic (exact) mass is 1630 g/mol. The van der Waals surface area contributed by atoms with Gasteiger partial charge in [0.2, 0.25) is 0 Å². The van der Waals surface area contributed by atoms with Crippen molar-refractivity contribution in [2.75, 3.05) is 9.80 Å². The highest BCUT2D eigenvalue weighted by Crippen LogP contribution is 2.49. The van der Waals surface area contributed by atoms with Gasteiger partial charge in [0, 0.05) is 67.0 Å². The van der Waals surface area contributed by atoms with E-state index in [0.717, 1.165) is 112 Å². The number of para-hydroxylation sites is 1. The number of anilines is 6. The molecule has 4 heteroatoms. The predicted molar refractivity (Wildman–Crippen MR) is 543 cm³/mol. The molecule has 22 aromatic carbocycles. The van der Waals surface area contributed by atoms with Gasteiger partial charge in [-0.05, 0) is 289 Å². The van der Waals surface area contributed by atoms with Crippen LogP contribution in [0, 0.1) is 0 Å². The van der Waals surface area contributed by atoms with Gasteiger partial charge in [-0.2, -0.15) is 0 Å². The van der Waals surface area contributed by atoms with Crippen molar-refractivity contribution in [2.24, 2.45) is 0 Å². The number of benzene rings is 22. The second-order valence-electron chi connectivity index (χ2n) is 33.5. The fourth-order valence-electron chi connectivity index (χ4n) is 19.8. The molecule has 0 saturated heterocycles. The molecular weight excluding hydrogens is 1550 g/mol. The first-order valence-corrected chi connectivity index (χ1v) is 44.1. The molecule has 0 amide bonds. The van der Waals surface area contributed by atoms with Gasteiger partial charge in [0.05, 0.1) is 22.1 Å². The average Bonchev–Trinajstić information content (AvgIpc) is 1.57. The number of hydrogen-bond acceptors (Lipinski definition) is 2. The van der Waals surface area contributed by atoms with Crippen molar-refractivity contribution in [3.8, 4) is 112 Å². The van der Waals surface area contributed by atoms with Crippen LogP contribution in [0.1, 0.15) is 0 Å². The Bertz CT molecular complexity index is 8300. The van der Waals surface area contributed by atoms with E-state index < -0.39 is 0 Å². The smallest absolute Gasteiger partial charge is 0.0547 e. The summed E-state index contributed by atoms with van der Waals surface area (Å²) in [5.74, 6) is 0. The number of aromatic nitrogens is 2. The molecule has 24 rings (SSSR count). The van der Waals surface area contributed by atoms with Crippen LogP contribution in [-0.2, 0) is 0 Å². The SMILES string of the molecule is c1ccc(-c2ccc(-c3ccc(N(c4ccc(-c5cccc6ccccc56)cc4)c4cccc(-c5cccc6c5c5cc7ccccc7cc5n6-c5ccc(-c6ccc7c(-c8ccc(N(c9cc(-c%10ccccc%10)cc(-c%10ccccc%10)c9)c9cccc(-c%10cccc%11c%10c%10cc%12ccccc%12cc%10n%11-c%10ccccc%10)c9)cc8)cccc7c6)cc5)c4)cc3)cc2)cc1.